The molecule has 0 saturated heterocycles. The molecule has 0 spiro atoms. The highest BCUT2D eigenvalue weighted by Gasteiger charge is 2.10. The zero-order chi connectivity index (χ0) is 19.2. The van der Waals surface area contributed by atoms with Gasteiger partial charge in [-0.25, -0.2) is 9.59 Å². The van der Waals surface area contributed by atoms with Gasteiger partial charge in [0.1, 0.15) is 6.61 Å². The Kier molecular flexibility index (Phi) is 5.61. The van der Waals surface area contributed by atoms with Gasteiger partial charge in [0.2, 0.25) is 0 Å². The molecule has 0 bridgehead atoms. The minimum absolute atomic E-state index is 0.261. The highest BCUT2D eigenvalue weighted by molar-refractivity contribution is 5.87. The molecule has 7 nitrogen and oxygen atoms in total. The number of hydrogen-bond donors (Lipinski definition) is 0. The molecule has 2 aromatic carbocycles. The van der Waals surface area contributed by atoms with Gasteiger partial charge in [0.15, 0.2) is 17.1 Å². The van der Waals surface area contributed by atoms with Crippen LogP contribution < -0.4 is 15.2 Å². The zero-order valence-electron chi connectivity index (χ0n) is 15.0. The molecule has 0 atom stereocenters. The van der Waals surface area contributed by atoms with E-state index in [4.69, 9.17) is 13.9 Å². The number of carbonyl (C=O) groups excluding carboxylic acids is 1. The van der Waals surface area contributed by atoms with Crippen LogP contribution in [0.5, 0.6) is 11.5 Å². The number of methoxy groups -OCH3 is 2. The molecular weight excluding hydrogens is 350 g/mol. The summed E-state index contributed by atoms with van der Waals surface area (Å²) in [4.78, 5) is 23.2. The summed E-state index contributed by atoms with van der Waals surface area (Å²) < 4.78 is 22.4. The van der Waals surface area contributed by atoms with E-state index in [0.717, 1.165) is 11.1 Å². The van der Waals surface area contributed by atoms with E-state index < -0.39 is 11.7 Å². The van der Waals surface area contributed by atoms with Crippen LogP contribution in [0.2, 0.25) is 0 Å². The highest BCUT2D eigenvalue weighted by atomic mass is 16.5. The smallest absolute Gasteiger partial charge is 0.420 e. The Morgan fingerprint density at radius 3 is 2.74 bits per heavy atom. The van der Waals surface area contributed by atoms with E-state index in [2.05, 4.69) is 4.74 Å². The largest absolute Gasteiger partial charge is 0.493 e. The summed E-state index contributed by atoms with van der Waals surface area (Å²) in [5.74, 6) is 0.196. The van der Waals surface area contributed by atoms with Crippen molar-refractivity contribution < 1.29 is 23.4 Å². The lowest BCUT2D eigenvalue weighted by atomic mass is 10.2. The van der Waals surface area contributed by atoms with E-state index in [1.165, 1.54) is 24.9 Å². The first-order chi connectivity index (χ1) is 13.1. The lowest BCUT2D eigenvalue weighted by Gasteiger charge is -2.11. The van der Waals surface area contributed by atoms with Gasteiger partial charge < -0.3 is 18.6 Å². The van der Waals surface area contributed by atoms with Gasteiger partial charge in [0, 0.05) is 6.08 Å². The topological polar surface area (TPSA) is 79.9 Å². The van der Waals surface area contributed by atoms with Crippen LogP contribution in [0.4, 0.5) is 0 Å². The second kappa shape index (κ2) is 8.27. The number of carbonyl (C=O) groups is 1. The molecule has 0 aliphatic rings. The van der Waals surface area contributed by atoms with E-state index in [1.807, 2.05) is 18.2 Å². The maximum absolute atomic E-state index is 12.0. The second-order valence-electron chi connectivity index (χ2n) is 5.60. The van der Waals surface area contributed by atoms with Crippen LogP contribution in [0.25, 0.3) is 17.2 Å². The lowest BCUT2D eigenvalue weighted by molar-refractivity contribution is -0.134. The van der Waals surface area contributed by atoms with Crippen LogP contribution in [0.15, 0.2) is 57.8 Å². The number of oxazole rings is 1. The van der Waals surface area contributed by atoms with Gasteiger partial charge in [-0.15, -0.1) is 0 Å². The maximum Gasteiger partial charge on any atom is 0.420 e. The average molecular weight is 369 g/mol. The molecule has 0 aliphatic carbocycles. The third-order valence-corrected chi connectivity index (χ3v) is 3.95. The van der Waals surface area contributed by atoms with E-state index in [-0.39, 0.29) is 6.61 Å². The molecule has 0 aliphatic heterocycles. The van der Waals surface area contributed by atoms with Gasteiger partial charge in [-0.1, -0.05) is 18.2 Å². The highest BCUT2D eigenvalue weighted by Crippen LogP contribution is 2.28. The fraction of sp³-hybridized carbons (Fsp3) is 0.200. The standard InChI is InChI=1S/C20H19NO6/c1-24-18-13-14(8-10-19(22)25-2)7-9-17(18)26-12-11-21-15-5-3-4-6-16(15)27-20(21)23/h3-10,13H,11-12H2,1-2H3/b10-8+. The normalized spacial score (nSPS) is 11.0. The van der Waals surface area contributed by atoms with Crippen LogP contribution in [-0.2, 0) is 16.1 Å². The fourth-order valence-electron chi connectivity index (χ4n) is 2.61. The van der Waals surface area contributed by atoms with E-state index >= 15 is 0 Å². The number of fused-ring (bicyclic) bond motifs is 1. The van der Waals surface area contributed by atoms with Crippen molar-refractivity contribution in [2.24, 2.45) is 0 Å². The predicted octanol–water partition coefficient (Wildman–Crippen LogP) is 2.87. The Morgan fingerprint density at radius 1 is 1.15 bits per heavy atom. The molecule has 27 heavy (non-hydrogen) atoms. The Balaban J connectivity index is 1.70. The first-order valence-corrected chi connectivity index (χ1v) is 8.27. The first-order valence-electron chi connectivity index (χ1n) is 8.27. The summed E-state index contributed by atoms with van der Waals surface area (Å²) in [6.45, 7) is 0.597. The fourth-order valence-corrected chi connectivity index (χ4v) is 2.61. The van der Waals surface area contributed by atoms with Crippen LogP contribution >= 0.6 is 0 Å². The quantitative estimate of drug-likeness (QED) is 0.471. The average Bonchev–Trinajstić information content (AvgIpc) is 3.02. The van der Waals surface area contributed by atoms with Gasteiger partial charge in [0.25, 0.3) is 0 Å². The van der Waals surface area contributed by atoms with Gasteiger partial charge in [-0.3, -0.25) is 4.57 Å². The minimum Gasteiger partial charge on any atom is -0.493 e. The van der Waals surface area contributed by atoms with Crippen molar-refractivity contribution >= 4 is 23.1 Å². The molecule has 0 amide bonds. The molecule has 3 rings (SSSR count). The van der Waals surface area contributed by atoms with Crippen molar-refractivity contribution in [1.29, 1.82) is 0 Å². The Bertz CT molecular complexity index is 1030. The molecule has 140 valence electrons. The number of hydrogen-bond acceptors (Lipinski definition) is 6. The van der Waals surface area contributed by atoms with Gasteiger partial charge in [-0.2, -0.15) is 0 Å². The third kappa shape index (κ3) is 4.20. The number of rotatable bonds is 7. The Morgan fingerprint density at radius 2 is 1.96 bits per heavy atom. The SMILES string of the molecule is COC(=O)/C=C/c1ccc(OCCn2c(=O)oc3ccccc32)c(OC)c1. The number of nitrogens with zero attached hydrogens (tertiary/aromatic N) is 1. The van der Waals surface area contributed by atoms with Crippen molar-refractivity contribution in [2.75, 3.05) is 20.8 Å². The van der Waals surface area contributed by atoms with Crippen molar-refractivity contribution in [3.8, 4) is 11.5 Å². The first kappa shape index (κ1) is 18.3. The molecule has 7 heteroatoms. The number of aromatic nitrogens is 1. The van der Waals surface area contributed by atoms with Crippen molar-refractivity contribution in [3.05, 3.63) is 64.7 Å². The number of benzene rings is 2. The van der Waals surface area contributed by atoms with E-state index in [1.54, 1.807) is 30.3 Å². The van der Waals surface area contributed by atoms with Crippen LogP contribution in [0.1, 0.15) is 5.56 Å². The van der Waals surface area contributed by atoms with Gasteiger partial charge >= 0.3 is 11.7 Å². The van der Waals surface area contributed by atoms with Gasteiger partial charge in [-0.05, 0) is 35.9 Å². The maximum atomic E-state index is 12.0. The molecule has 0 saturated carbocycles. The Hall–Kier alpha value is -3.48. The molecular formula is C20H19NO6. The molecule has 0 radical (unpaired) electrons. The number of ether oxygens (including phenoxy) is 3. The number of esters is 1. The monoisotopic (exact) mass is 369 g/mol. The molecule has 3 aromatic rings. The molecule has 0 unspecified atom stereocenters. The van der Waals surface area contributed by atoms with Crippen molar-refractivity contribution in [3.63, 3.8) is 0 Å². The van der Waals surface area contributed by atoms with Crippen molar-refractivity contribution in [2.45, 2.75) is 6.54 Å². The minimum atomic E-state index is -0.438. The van der Waals surface area contributed by atoms with Crippen molar-refractivity contribution in [1.82, 2.24) is 4.57 Å². The summed E-state index contributed by atoms with van der Waals surface area (Å²) in [5.41, 5.74) is 2.03. The molecule has 0 fully saturated rings. The van der Waals surface area contributed by atoms with Crippen LogP contribution in [-0.4, -0.2) is 31.4 Å². The molecule has 1 aromatic heterocycles. The number of para-hydroxylation sites is 2. The Labute approximate surface area is 155 Å². The summed E-state index contributed by atoms with van der Waals surface area (Å²) in [6.07, 6.45) is 2.95. The summed E-state index contributed by atoms with van der Waals surface area (Å²) in [6, 6.07) is 12.5. The third-order valence-electron chi connectivity index (χ3n) is 3.95. The van der Waals surface area contributed by atoms with Crippen LogP contribution in [0.3, 0.4) is 0 Å². The molecule has 1 heterocycles. The van der Waals surface area contributed by atoms with Crippen LogP contribution in [0, 0.1) is 0 Å². The van der Waals surface area contributed by atoms with E-state index in [0.29, 0.717) is 23.6 Å². The van der Waals surface area contributed by atoms with Gasteiger partial charge in [0.05, 0.1) is 26.3 Å². The molecule has 0 N–H and O–H groups in total. The summed E-state index contributed by atoms with van der Waals surface area (Å²) >= 11 is 0. The summed E-state index contributed by atoms with van der Waals surface area (Å²) in [7, 11) is 2.85. The van der Waals surface area contributed by atoms with E-state index in [9.17, 15) is 9.59 Å². The zero-order valence-corrected chi connectivity index (χ0v) is 15.0. The summed E-state index contributed by atoms with van der Waals surface area (Å²) in [5, 5.41) is 0. The second-order valence-corrected chi connectivity index (χ2v) is 5.60. The lowest BCUT2D eigenvalue weighted by Crippen LogP contribution is -2.18. The predicted molar refractivity (Wildman–Crippen MR) is 100 cm³/mol.